The number of aliphatic carboxylic acids is 1. The zero-order valence-corrected chi connectivity index (χ0v) is 20.4. The van der Waals surface area contributed by atoms with E-state index < -0.39 is 5.97 Å². The van der Waals surface area contributed by atoms with E-state index >= 15 is 0 Å². The maximum absolute atomic E-state index is 11.4. The molecule has 2 aromatic rings. The zero-order valence-electron chi connectivity index (χ0n) is 20.4. The number of carbonyl (C=O) groups is 1. The summed E-state index contributed by atoms with van der Waals surface area (Å²) in [6, 6.07) is 15.9. The standard InChI is InChI=1S/C28H37N3O3/c1-3-5-6-7-8-18-34-25-16-14-22(15-17-25)26-20-29-27(31-30-26)23-12-10-21(11-13-23)19-24(9-4-2)28(32)33/h10-17,20,24,27,31H,3-9,18-19H2,1-2H3,(H,32,33). The van der Waals surface area contributed by atoms with Gasteiger partial charge in [0.1, 0.15) is 11.5 Å². The Balaban J connectivity index is 1.49. The van der Waals surface area contributed by atoms with Gasteiger partial charge in [0.05, 0.1) is 18.7 Å². The van der Waals surface area contributed by atoms with Crippen LogP contribution in [0, 0.1) is 5.92 Å². The average molecular weight is 464 g/mol. The SMILES string of the molecule is CCCCCCCOc1ccc(C2=NNC(c3ccc(CC(CCC)C(=O)O)cc3)N=C2)cc1. The van der Waals surface area contributed by atoms with Crippen LogP contribution in [0.4, 0.5) is 0 Å². The minimum atomic E-state index is -0.728. The molecular formula is C28H37N3O3. The van der Waals surface area contributed by atoms with E-state index in [0.717, 1.165) is 47.6 Å². The molecule has 0 aliphatic carbocycles. The van der Waals surface area contributed by atoms with E-state index in [1.165, 1.54) is 25.7 Å². The quantitative estimate of drug-likeness (QED) is 0.329. The van der Waals surface area contributed by atoms with E-state index in [4.69, 9.17) is 4.74 Å². The summed E-state index contributed by atoms with van der Waals surface area (Å²) < 4.78 is 5.84. The molecule has 0 aromatic heterocycles. The molecule has 2 atom stereocenters. The molecule has 1 aliphatic heterocycles. The molecule has 0 fully saturated rings. The second kappa shape index (κ2) is 13.5. The molecule has 6 heteroatoms. The van der Waals surface area contributed by atoms with Gasteiger partial charge < -0.3 is 9.84 Å². The van der Waals surface area contributed by atoms with Crippen LogP contribution in [0.25, 0.3) is 0 Å². The predicted octanol–water partition coefficient (Wildman–Crippen LogP) is 6.16. The van der Waals surface area contributed by atoms with Crippen molar-refractivity contribution in [2.75, 3.05) is 6.61 Å². The number of hydrazone groups is 1. The summed E-state index contributed by atoms with van der Waals surface area (Å²) >= 11 is 0. The summed E-state index contributed by atoms with van der Waals surface area (Å²) in [4.78, 5) is 16.0. The highest BCUT2D eigenvalue weighted by molar-refractivity contribution is 6.38. The lowest BCUT2D eigenvalue weighted by atomic mass is 9.94. The van der Waals surface area contributed by atoms with Gasteiger partial charge in [-0.05, 0) is 54.7 Å². The molecular weight excluding hydrogens is 426 g/mol. The molecule has 1 heterocycles. The Labute approximate surface area is 203 Å². The predicted molar refractivity (Wildman–Crippen MR) is 138 cm³/mol. The monoisotopic (exact) mass is 463 g/mol. The maximum atomic E-state index is 11.4. The fourth-order valence-corrected chi connectivity index (χ4v) is 4.04. The molecule has 3 rings (SSSR count). The lowest BCUT2D eigenvalue weighted by Gasteiger charge is -2.18. The summed E-state index contributed by atoms with van der Waals surface area (Å²) in [6.45, 7) is 4.99. The van der Waals surface area contributed by atoms with Crippen molar-refractivity contribution >= 4 is 17.9 Å². The largest absolute Gasteiger partial charge is 0.494 e. The molecule has 34 heavy (non-hydrogen) atoms. The average Bonchev–Trinajstić information content (AvgIpc) is 2.87. The van der Waals surface area contributed by atoms with Gasteiger partial charge >= 0.3 is 5.97 Å². The van der Waals surface area contributed by atoms with Crippen LogP contribution in [0.15, 0.2) is 58.6 Å². The van der Waals surface area contributed by atoms with E-state index in [0.29, 0.717) is 12.8 Å². The van der Waals surface area contributed by atoms with E-state index in [1.807, 2.05) is 55.5 Å². The van der Waals surface area contributed by atoms with Gasteiger partial charge in [0.15, 0.2) is 6.17 Å². The van der Waals surface area contributed by atoms with E-state index in [2.05, 4.69) is 22.4 Å². The molecule has 2 unspecified atom stereocenters. The van der Waals surface area contributed by atoms with Gasteiger partial charge in [0.2, 0.25) is 0 Å². The lowest BCUT2D eigenvalue weighted by Crippen LogP contribution is -2.23. The van der Waals surface area contributed by atoms with Crippen LogP contribution in [-0.4, -0.2) is 29.6 Å². The van der Waals surface area contributed by atoms with Crippen molar-refractivity contribution in [3.8, 4) is 5.75 Å². The Bertz CT molecular complexity index is 952. The number of carboxylic acid groups (broad SMARTS) is 1. The highest BCUT2D eigenvalue weighted by Gasteiger charge is 2.18. The number of aliphatic imine (C=N–C) groups is 1. The second-order valence-electron chi connectivity index (χ2n) is 8.86. The smallest absolute Gasteiger partial charge is 0.306 e. The van der Waals surface area contributed by atoms with Crippen molar-refractivity contribution < 1.29 is 14.6 Å². The van der Waals surface area contributed by atoms with E-state index in [-0.39, 0.29) is 12.1 Å². The van der Waals surface area contributed by atoms with Gasteiger partial charge in [-0.3, -0.25) is 15.2 Å². The zero-order chi connectivity index (χ0) is 24.2. The second-order valence-corrected chi connectivity index (χ2v) is 8.86. The summed E-state index contributed by atoms with van der Waals surface area (Å²) in [5, 5.41) is 13.9. The topological polar surface area (TPSA) is 83.3 Å². The molecule has 2 aromatic carbocycles. The first-order valence-corrected chi connectivity index (χ1v) is 12.5. The summed E-state index contributed by atoms with van der Waals surface area (Å²) in [7, 11) is 0. The molecule has 0 bridgehead atoms. The molecule has 182 valence electrons. The van der Waals surface area contributed by atoms with E-state index in [9.17, 15) is 9.90 Å². The number of nitrogens with one attached hydrogen (secondary N) is 1. The molecule has 0 spiro atoms. The maximum Gasteiger partial charge on any atom is 0.306 e. The number of unbranched alkanes of at least 4 members (excludes halogenated alkanes) is 4. The number of hydrogen-bond donors (Lipinski definition) is 2. The Hall–Kier alpha value is -3.15. The van der Waals surface area contributed by atoms with Crippen molar-refractivity contribution in [1.82, 2.24) is 5.43 Å². The van der Waals surface area contributed by atoms with Crippen LogP contribution in [0.1, 0.15) is 81.6 Å². The Kier molecular flexibility index (Phi) is 10.1. The third-order valence-electron chi connectivity index (χ3n) is 6.08. The van der Waals surface area contributed by atoms with Gasteiger partial charge in [-0.15, -0.1) is 0 Å². The first-order valence-electron chi connectivity index (χ1n) is 12.5. The van der Waals surface area contributed by atoms with Gasteiger partial charge in [-0.25, -0.2) is 0 Å². The van der Waals surface area contributed by atoms with Crippen molar-refractivity contribution in [2.24, 2.45) is 16.0 Å². The van der Waals surface area contributed by atoms with Crippen LogP contribution in [0.2, 0.25) is 0 Å². The number of benzene rings is 2. The number of rotatable bonds is 14. The number of ether oxygens (including phenoxy) is 1. The third kappa shape index (κ3) is 7.72. The molecule has 0 saturated carbocycles. The molecule has 6 nitrogen and oxygen atoms in total. The normalized spacial score (nSPS) is 15.9. The fourth-order valence-electron chi connectivity index (χ4n) is 4.04. The molecule has 2 N–H and O–H groups in total. The molecule has 0 saturated heterocycles. The molecule has 0 amide bonds. The first-order chi connectivity index (χ1) is 16.6. The van der Waals surface area contributed by atoms with Gasteiger partial charge in [0.25, 0.3) is 0 Å². The lowest BCUT2D eigenvalue weighted by molar-refractivity contribution is -0.141. The fraction of sp³-hybridized carbons (Fsp3) is 0.464. The highest BCUT2D eigenvalue weighted by Crippen LogP contribution is 2.21. The third-order valence-corrected chi connectivity index (χ3v) is 6.08. The van der Waals surface area contributed by atoms with Gasteiger partial charge in [-0.1, -0.05) is 70.2 Å². The molecule has 0 radical (unpaired) electrons. The highest BCUT2D eigenvalue weighted by atomic mass is 16.5. The Morgan fingerprint density at radius 2 is 1.74 bits per heavy atom. The van der Waals surface area contributed by atoms with Crippen molar-refractivity contribution in [1.29, 1.82) is 0 Å². The van der Waals surface area contributed by atoms with Crippen LogP contribution >= 0.6 is 0 Å². The summed E-state index contributed by atoms with van der Waals surface area (Å²) in [6.07, 6.45) is 9.78. The number of nitrogens with zero attached hydrogens (tertiary/aromatic N) is 2. The van der Waals surface area contributed by atoms with Gasteiger partial charge in [0, 0.05) is 5.56 Å². The summed E-state index contributed by atoms with van der Waals surface area (Å²) in [5.41, 5.74) is 6.90. The Morgan fingerprint density at radius 1 is 1.00 bits per heavy atom. The van der Waals surface area contributed by atoms with Crippen molar-refractivity contribution in [3.63, 3.8) is 0 Å². The van der Waals surface area contributed by atoms with Crippen LogP contribution in [0.5, 0.6) is 5.75 Å². The van der Waals surface area contributed by atoms with Crippen molar-refractivity contribution in [3.05, 3.63) is 65.2 Å². The van der Waals surface area contributed by atoms with Crippen molar-refractivity contribution in [2.45, 2.75) is 71.4 Å². The van der Waals surface area contributed by atoms with Crippen LogP contribution in [0.3, 0.4) is 0 Å². The molecule has 1 aliphatic rings. The van der Waals surface area contributed by atoms with Crippen LogP contribution in [-0.2, 0) is 11.2 Å². The Morgan fingerprint density at radius 3 is 2.35 bits per heavy atom. The number of hydrogen-bond acceptors (Lipinski definition) is 5. The van der Waals surface area contributed by atoms with Crippen LogP contribution < -0.4 is 10.2 Å². The number of carboxylic acids is 1. The minimum absolute atomic E-state index is 0.251. The first kappa shape index (κ1) is 25.5. The summed E-state index contributed by atoms with van der Waals surface area (Å²) in [5.74, 6) is -0.188. The minimum Gasteiger partial charge on any atom is -0.494 e. The van der Waals surface area contributed by atoms with Gasteiger partial charge in [-0.2, -0.15) is 5.10 Å². The van der Waals surface area contributed by atoms with E-state index in [1.54, 1.807) is 6.21 Å².